The van der Waals surface area contributed by atoms with Crippen LogP contribution in [0.15, 0.2) is 114 Å². The molecule has 0 saturated carbocycles. The van der Waals surface area contributed by atoms with E-state index in [9.17, 15) is 20.3 Å². The molecule has 0 atom stereocenters. The molecular weight excluding hydrogens is 513 g/mol. The maximum Gasteiger partial charge on any atom is 4.00 e. The Kier molecular flexibility index (Phi) is 10.4. The number of nitrogens with zero attached hydrogens (tertiary/aromatic N) is 5. The van der Waals surface area contributed by atoms with Crippen LogP contribution in [0, 0.1) is 10.1 Å². The van der Waals surface area contributed by atoms with Crippen molar-refractivity contribution >= 4 is 27.8 Å². The van der Waals surface area contributed by atoms with Crippen molar-refractivity contribution in [3.8, 4) is 22.9 Å². The Hall–Kier alpha value is -4.64. The molecule has 0 N–H and O–H groups in total. The first-order valence-electron chi connectivity index (χ1n) is 10.4. The fourth-order valence-corrected chi connectivity index (χ4v) is 3.17. The second-order valence-electron chi connectivity index (χ2n) is 7.17. The molecular formula is C26H17N5O5V. The minimum Gasteiger partial charge on any atom is -2.00 e. The Labute approximate surface area is 223 Å². The van der Waals surface area contributed by atoms with Crippen molar-refractivity contribution in [1.82, 2.24) is 9.97 Å². The summed E-state index contributed by atoms with van der Waals surface area (Å²) in [6.07, 6.45) is 3.54. The maximum absolute atomic E-state index is 12.0. The van der Waals surface area contributed by atoms with E-state index in [2.05, 4.69) is 20.2 Å². The molecule has 10 nitrogen and oxygen atoms in total. The van der Waals surface area contributed by atoms with Gasteiger partial charge in [-0.05, 0) is 35.7 Å². The van der Waals surface area contributed by atoms with E-state index < -0.39 is 10.7 Å². The second kappa shape index (κ2) is 13.5. The number of fused-ring (bicyclic) bond motifs is 1. The third kappa shape index (κ3) is 7.18. The quantitative estimate of drug-likeness (QED) is 0.173. The van der Waals surface area contributed by atoms with Gasteiger partial charge in [0.1, 0.15) is 0 Å². The van der Waals surface area contributed by atoms with Crippen LogP contribution in [0.3, 0.4) is 0 Å². The Balaban J connectivity index is 0.000000292. The number of rotatable bonds is 4. The van der Waals surface area contributed by atoms with Crippen molar-refractivity contribution in [3.63, 3.8) is 0 Å². The van der Waals surface area contributed by atoms with Gasteiger partial charge in [0.05, 0.1) is 27.7 Å². The van der Waals surface area contributed by atoms with Crippen molar-refractivity contribution in [2.75, 3.05) is 0 Å². The van der Waals surface area contributed by atoms with Gasteiger partial charge in [-0.25, -0.2) is 0 Å². The van der Waals surface area contributed by atoms with Crippen LogP contribution in [-0.4, -0.2) is 14.9 Å². The summed E-state index contributed by atoms with van der Waals surface area (Å²) in [4.78, 5) is 18.3. The predicted octanol–water partition coefficient (Wildman–Crippen LogP) is 5.33. The molecule has 0 aliphatic carbocycles. The van der Waals surface area contributed by atoms with Crippen LogP contribution >= 0.6 is 0 Å². The largest absolute Gasteiger partial charge is 4.00 e. The number of nitro groups is 1. The van der Waals surface area contributed by atoms with Crippen molar-refractivity contribution in [2.45, 2.75) is 0 Å². The van der Waals surface area contributed by atoms with Gasteiger partial charge in [-0.15, -0.1) is 0 Å². The zero-order chi connectivity index (χ0) is 24.6. The standard InChI is InChI=1S/C16H11N3O4.C10H8N2.O.V/c20-14-8-5-10-3-1-2-4-12(10)16(14)18-17-13-7-6-11(19(22)23)9-15(13)21;1-3-7-11-9(5-1)10-6-2-4-8-12-10;;/h1-9,20-21H;1-8H;;/q;;-2;+4/p-2. The summed E-state index contributed by atoms with van der Waals surface area (Å²) in [5, 5.41) is 43.5. The average molecular weight is 530 g/mol. The van der Waals surface area contributed by atoms with Crippen LogP contribution in [0.1, 0.15) is 0 Å². The van der Waals surface area contributed by atoms with E-state index >= 15 is 0 Å². The molecule has 1 radical (unpaired) electrons. The van der Waals surface area contributed by atoms with Gasteiger partial charge in [-0.3, -0.25) is 20.1 Å². The summed E-state index contributed by atoms with van der Waals surface area (Å²) in [5.74, 6) is -0.947. The van der Waals surface area contributed by atoms with Crippen LogP contribution < -0.4 is 10.2 Å². The summed E-state index contributed by atoms with van der Waals surface area (Å²) >= 11 is 0. The minimum absolute atomic E-state index is 0. The molecule has 5 rings (SSSR count). The molecule has 2 heterocycles. The molecule has 0 saturated heterocycles. The van der Waals surface area contributed by atoms with Gasteiger partial charge >= 0.3 is 18.6 Å². The summed E-state index contributed by atoms with van der Waals surface area (Å²) in [5.41, 5.74) is 1.57. The van der Waals surface area contributed by atoms with Crippen LogP contribution in [0.4, 0.5) is 17.1 Å². The first kappa shape index (κ1) is 28.6. The molecule has 0 unspecified atom stereocenters. The summed E-state index contributed by atoms with van der Waals surface area (Å²) < 4.78 is 0. The maximum atomic E-state index is 12.0. The van der Waals surface area contributed by atoms with E-state index in [0.29, 0.717) is 5.39 Å². The van der Waals surface area contributed by atoms with Crippen LogP contribution in [0.25, 0.3) is 22.2 Å². The first-order chi connectivity index (χ1) is 17.0. The van der Waals surface area contributed by atoms with Gasteiger partial charge < -0.3 is 15.7 Å². The molecule has 0 aliphatic heterocycles. The number of hydrogen-bond donors (Lipinski definition) is 0. The number of benzene rings is 3. The van der Waals surface area contributed by atoms with Gasteiger partial charge in [0.15, 0.2) is 0 Å². The fraction of sp³-hybridized carbons (Fsp3) is 0. The predicted molar refractivity (Wildman–Crippen MR) is 128 cm³/mol. The fourth-order valence-electron chi connectivity index (χ4n) is 3.17. The van der Waals surface area contributed by atoms with Gasteiger partial charge in [-0.2, -0.15) is 10.2 Å². The topological polar surface area (TPSA) is 168 Å². The van der Waals surface area contributed by atoms with E-state index in [1.165, 1.54) is 12.1 Å². The van der Waals surface area contributed by atoms with Gasteiger partial charge in [0.2, 0.25) is 0 Å². The van der Waals surface area contributed by atoms with Crippen molar-refractivity contribution in [1.29, 1.82) is 0 Å². The van der Waals surface area contributed by atoms with E-state index in [-0.39, 0.29) is 46.8 Å². The Morgan fingerprint density at radius 2 is 1.32 bits per heavy atom. The third-order valence-electron chi connectivity index (χ3n) is 4.87. The minimum atomic E-state index is -0.664. The Bertz CT molecular complexity index is 1460. The van der Waals surface area contributed by atoms with Crippen molar-refractivity contribution in [2.24, 2.45) is 10.2 Å². The molecule has 11 heteroatoms. The summed E-state index contributed by atoms with van der Waals surface area (Å²) in [6.45, 7) is 0. The molecule has 0 bridgehead atoms. The number of pyridine rings is 2. The number of aromatic nitrogens is 2. The van der Waals surface area contributed by atoms with E-state index in [0.717, 1.165) is 28.9 Å². The van der Waals surface area contributed by atoms with Gasteiger partial charge in [0, 0.05) is 29.9 Å². The SMILES string of the molecule is O=[N+]([O-])c1ccc(N=Nc2c([O-])ccc3ccccc23)c([O-])c1.[O-2].[V+4].c1ccc(-c2ccccn2)nc1. The monoisotopic (exact) mass is 530 g/mol. The summed E-state index contributed by atoms with van der Waals surface area (Å²) in [6, 6.07) is 25.1. The average Bonchev–Trinajstić information content (AvgIpc) is 2.90. The number of nitro benzene ring substituents is 1. The molecule has 0 fully saturated rings. The first-order valence-corrected chi connectivity index (χ1v) is 10.4. The van der Waals surface area contributed by atoms with Crippen LogP contribution in [-0.2, 0) is 24.0 Å². The summed E-state index contributed by atoms with van der Waals surface area (Å²) in [7, 11) is 0. The Morgan fingerprint density at radius 1 is 0.703 bits per heavy atom. The molecule has 181 valence electrons. The molecule has 3 aromatic carbocycles. The van der Waals surface area contributed by atoms with E-state index in [4.69, 9.17) is 0 Å². The van der Waals surface area contributed by atoms with Gasteiger partial charge in [-0.1, -0.05) is 60.0 Å². The smallest absolute Gasteiger partial charge is 2.00 e. The third-order valence-corrected chi connectivity index (χ3v) is 4.87. The molecule has 2 aromatic heterocycles. The number of non-ortho nitro benzene ring substituents is 1. The molecule has 0 aliphatic rings. The van der Waals surface area contributed by atoms with Crippen molar-refractivity contribution in [3.05, 3.63) is 114 Å². The normalized spacial score (nSPS) is 10.1. The van der Waals surface area contributed by atoms with Gasteiger partial charge in [0.25, 0.3) is 5.69 Å². The van der Waals surface area contributed by atoms with Crippen LogP contribution in [0.2, 0.25) is 0 Å². The number of hydrogen-bond acceptors (Lipinski definition) is 8. The zero-order valence-corrected chi connectivity index (χ0v) is 20.4. The number of azo groups is 1. The Morgan fingerprint density at radius 3 is 1.89 bits per heavy atom. The second-order valence-corrected chi connectivity index (χ2v) is 7.17. The molecule has 0 spiro atoms. The van der Waals surface area contributed by atoms with Crippen LogP contribution in [0.5, 0.6) is 11.5 Å². The van der Waals surface area contributed by atoms with Crippen molar-refractivity contribution < 1.29 is 39.2 Å². The zero-order valence-electron chi connectivity index (χ0n) is 19.0. The molecule has 5 aromatic rings. The molecule has 0 amide bonds. The van der Waals surface area contributed by atoms with E-state index in [1.54, 1.807) is 30.6 Å². The van der Waals surface area contributed by atoms with E-state index in [1.807, 2.05) is 48.5 Å². The molecule has 37 heavy (non-hydrogen) atoms.